The number of aromatic nitrogens is 5. The molecule has 3 N–H and O–H groups in total. The van der Waals surface area contributed by atoms with Gasteiger partial charge in [0.1, 0.15) is 11.5 Å². The van der Waals surface area contributed by atoms with E-state index in [9.17, 15) is 9.50 Å². The smallest absolute Gasteiger partial charge is 0.206 e. The molecule has 11 heteroatoms. The number of nitrogens with one attached hydrogen (secondary N) is 1. The number of rotatable bonds is 10. The van der Waals surface area contributed by atoms with Crippen LogP contribution in [0.25, 0.3) is 22.2 Å². The fourth-order valence-electron chi connectivity index (χ4n) is 4.99. The summed E-state index contributed by atoms with van der Waals surface area (Å²) in [5.41, 5.74) is 2.54. The number of aliphatic hydroxyl groups excluding tert-OH is 2. The third-order valence-electron chi connectivity index (χ3n) is 6.90. The SMILES string of the molecule is CCNc1cc2c(cn1)c(-c1cnn(C[C@@H](O)CO)c1)nn2[C@H]1CC[C@@H](Oc2cccc(OC)c2F)CC1. The van der Waals surface area contributed by atoms with Crippen molar-refractivity contribution in [1.82, 2.24) is 24.5 Å². The van der Waals surface area contributed by atoms with Gasteiger partial charge in [-0.15, -0.1) is 0 Å². The topological polar surface area (TPSA) is 119 Å². The van der Waals surface area contributed by atoms with Crippen molar-refractivity contribution in [1.29, 1.82) is 0 Å². The molecule has 4 aromatic rings. The molecule has 0 saturated heterocycles. The molecule has 0 radical (unpaired) electrons. The van der Waals surface area contributed by atoms with Crippen LogP contribution in [0.2, 0.25) is 0 Å². The lowest BCUT2D eigenvalue weighted by Gasteiger charge is -2.29. The fourth-order valence-corrected chi connectivity index (χ4v) is 4.99. The number of hydrogen-bond acceptors (Lipinski definition) is 8. The molecule has 0 spiro atoms. The van der Waals surface area contributed by atoms with Crippen molar-refractivity contribution >= 4 is 16.7 Å². The maximum absolute atomic E-state index is 14.6. The van der Waals surface area contributed by atoms with Crippen molar-refractivity contribution < 1.29 is 24.1 Å². The van der Waals surface area contributed by atoms with Crippen molar-refractivity contribution in [2.24, 2.45) is 0 Å². The van der Waals surface area contributed by atoms with E-state index in [-0.39, 0.29) is 36.8 Å². The van der Waals surface area contributed by atoms with Crippen molar-refractivity contribution in [2.45, 2.75) is 57.4 Å². The summed E-state index contributed by atoms with van der Waals surface area (Å²) in [4.78, 5) is 4.56. The zero-order chi connectivity index (χ0) is 26.6. The number of hydrogen-bond donors (Lipinski definition) is 3. The normalized spacial score (nSPS) is 18.4. The molecule has 10 nitrogen and oxygen atoms in total. The number of anilines is 1. The van der Waals surface area contributed by atoms with Gasteiger partial charge in [-0.05, 0) is 44.7 Å². The molecule has 5 rings (SSSR count). The van der Waals surface area contributed by atoms with E-state index in [1.807, 2.05) is 25.4 Å². The number of ether oxygens (including phenoxy) is 2. The van der Waals surface area contributed by atoms with E-state index in [1.54, 1.807) is 29.1 Å². The molecule has 0 amide bonds. The minimum absolute atomic E-state index is 0.0932. The Labute approximate surface area is 220 Å². The third kappa shape index (κ3) is 5.30. The minimum atomic E-state index is -0.885. The summed E-state index contributed by atoms with van der Waals surface area (Å²) in [6.07, 6.45) is 7.56. The summed E-state index contributed by atoms with van der Waals surface area (Å²) >= 11 is 0. The highest BCUT2D eigenvalue weighted by molar-refractivity contribution is 5.93. The van der Waals surface area contributed by atoms with Gasteiger partial charge in [0.2, 0.25) is 5.82 Å². The molecule has 1 saturated carbocycles. The Bertz CT molecular complexity index is 1380. The Hall–Kier alpha value is -3.70. The van der Waals surface area contributed by atoms with Crippen LogP contribution in [-0.4, -0.2) is 67.2 Å². The summed E-state index contributed by atoms with van der Waals surface area (Å²) in [5, 5.41) is 32.5. The van der Waals surface area contributed by atoms with E-state index < -0.39 is 11.9 Å². The van der Waals surface area contributed by atoms with Crippen molar-refractivity contribution in [2.75, 3.05) is 25.6 Å². The highest BCUT2D eigenvalue weighted by Gasteiger charge is 2.28. The van der Waals surface area contributed by atoms with Crippen LogP contribution in [0.5, 0.6) is 11.5 Å². The molecule has 202 valence electrons. The number of fused-ring (bicyclic) bond motifs is 1. The lowest BCUT2D eigenvalue weighted by Crippen LogP contribution is -2.26. The number of aliphatic hydroxyl groups is 2. The van der Waals surface area contributed by atoms with E-state index in [1.165, 1.54) is 7.11 Å². The molecule has 1 aliphatic carbocycles. The predicted octanol–water partition coefficient (Wildman–Crippen LogP) is 3.79. The van der Waals surface area contributed by atoms with Gasteiger partial charge in [0.15, 0.2) is 11.5 Å². The van der Waals surface area contributed by atoms with E-state index in [4.69, 9.17) is 19.7 Å². The fraction of sp³-hybridized carbons (Fsp3) is 0.444. The van der Waals surface area contributed by atoms with Crippen LogP contribution in [0.4, 0.5) is 10.2 Å². The minimum Gasteiger partial charge on any atom is -0.494 e. The largest absolute Gasteiger partial charge is 0.494 e. The highest BCUT2D eigenvalue weighted by Crippen LogP contribution is 2.37. The van der Waals surface area contributed by atoms with Gasteiger partial charge in [-0.25, -0.2) is 4.98 Å². The molecule has 0 bridgehead atoms. The van der Waals surface area contributed by atoms with E-state index in [2.05, 4.69) is 20.1 Å². The number of halogens is 1. The first-order valence-electron chi connectivity index (χ1n) is 12.9. The lowest BCUT2D eigenvalue weighted by atomic mass is 9.93. The Kier molecular flexibility index (Phi) is 7.75. The monoisotopic (exact) mass is 524 g/mol. The van der Waals surface area contributed by atoms with Crippen LogP contribution in [0.15, 0.2) is 42.9 Å². The quantitative estimate of drug-likeness (QED) is 0.287. The summed E-state index contributed by atoms with van der Waals surface area (Å²) in [6, 6.07) is 7.09. The van der Waals surface area contributed by atoms with Crippen molar-refractivity contribution in [3.05, 3.63) is 48.7 Å². The van der Waals surface area contributed by atoms with Crippen LogP contribution in [0.3, 0.4) is 0 Å². The van der Waals surface area contributed by atoms with Gasteiger partial charge in [0, 0.05) is 36.0 Å². The molecule has 0 unspecified atom stereocenters. The third-order valence-corrected chi connectivity index (χ3v) is 6.90. The standard InChI is InChI=1S/C27H33FN6O4/c1-3-29-25-11-22-21(13-30-25)27(17-12-31-33(14-17)15-19(36)16-35)32-34(22)18-7-9-20(10-8-18)38-24-6-4-5-23(37-2)26(24)28/h4-6,11-14,18-20,35-36H,3,7-10,15-16H2,1-2H3,(H,29,30)/t18-,19-,20+/m1/s1. The van der Waals surface area contributed by atoms with Crippen LogP contribution in [0.1, 0.15) is 38.6 Å². The second kappa shape index (κ2) is 11.4. The average Bonchev–Trinajstić information content (AvgIpc) is 3.55. The van der Waals surface area contributed by atoms with Crippen LogP contribution >= 0.6 is 0 Å². The van der Waals surface area contributed by atoms with Crippen molar-refractivity contribution in [3.63, 3.8) is 0 Å². The zero-order valence-electron chi connectivity index (χ0n) is 21.5. The van der Waals surface area contributed by atoms with Crippen LogP contribution in [0, 0.1) is 5.82 Å². The van der Waals surface area contributed by atoms with Gasteiger partial charge in [0.05, 0.1) is 50.2 Å². The predicted molar refractivity (Wildman–Crippen MR) is 141 cm³/mol. The van der Waals surface area contributed by atoms with Gasteiger partial charge < -0.3 is 25.0 Å². The van der Waals surface area contributed by atoms with Gasteiger partial charge in [-0.3, -0.25) is 9.36 Å². The molecule has 3 aromatic heterocycles. The summed E-state index contributed by atoms with van der Waals surface area (Å²) in [7, 11) is 1.44. The summed E-state index contributed by atoms with van der Waals surface area (Å²) in [6.45, 7) is 2.63. The second-order valence-corrected chi connectivity index (χ2v) is 9.52. The Balaban J connectivity index is 1.39. The Morgan fingerprint density at radius 2 is 1.97 bits per heavy atom. The molecule has 0 aliphatic heterocycles. The Morgan fingerprint density at radius 3 is 2.71 bits per heavy atom. The van der Waals surface area contributed by atoms with Crippen molar-refractivity contribution in [3.8, 4) is 22.8 Å². The number of nitrogens with zero attached hydrogens (tertiary/aromatic N) is 5. The zero-order valence-corrected chi connectivity index (χ0v) is 21.5. The molecule has 1 fully saturated rings. The van der Waals surface area contributed by atoms with Gasteiger partial charge in [0.25, 0.3) is 0 Å². The van der Waals surface area contributed by atoms with E-state index >= 15 is 0 Å². The first-order chi connectivity index (χ1) is 18.5. The molecule has 38 heavy (non-hydrogen) atoms. The van der Waals surface area contributed by atoms with Crippen LogP contribution in [-0.2, 0) is 6.54 Å². The Morgan fingerprint density at radius 1 is 1.18 bits per heavy atom. The van der Waals surface area contributed by atoms with Gasteiger partial charge in [-0.2, -0.15) is 14.6 Å². The molecule has 1 aromatic carbocycles. The molecule has 1 atom stereocenters. The maximum atomic E-state index is 14.6. The number of benzene rings is 1. The first kappa shape index (κ1) is 25.9. The van der Waals surface area contributed by atoms with Gasteiger partial charge in [-0.1, -0.05) is 6.07 Å². The van der Waals surface area contributed by atoms with E-state index in [0.717, 1.165) is 60.2 Å². The highest BCUT2D eigenvalue weighted by atomic mass is 19.1. The second-order valence-electron chi connectivity index (χ2n) is 9.52. The number of pyridine rings is 1. The van der Waals surface area contributed by atoms with Crippen LogP contribution < -0.4 is 14.8 Å². The molecular weight excluding hydrogens is 491 g/mol. The first-order valence-corrected chi connectivity index (χ1v) is 12.9. The number of methoxy groups -OCH3 is 1. The summed E-state index contributed by atoms with van der Waals surface area (Å²) < 4.78 is 29.3. The van der Waals surface area contributed by atoms with Gasteiger partial charge >= 0.3 is 0 Å². The molecular formula is C27H33FN6O4. The molecule has 1 aliphatic rings. The lowest BCUT2D eigenvalue weighted by molar-refractivity contribution is 0.0783. The average molecular weight is 525 g/mol. The molecule has 3 heterocycles. The maximum Gasteiger partial charge on any atom is 0.206 e. The van der Waals surface area contributed by atoms with E-state index in [0.29, 0.717) is 0 Å². The summed E-state index contributed by atoms with van der Waals surface area (Å²) in [5.74, 6) is 0.686.